The quantitative estimate of drug-likeness (QED) is 0.744. The molecule has 1 aliphatic heterocycles. The van der Waals surface area contributed by atoms with E-state index in [1.165, 1.54) is 0 Å². The van der Waals surface area contributed by atoms with E-state index in [0.29, 0.717) is 13.0 Å². The van der Waals surface area contributed by atoms with Gasteiger partial charge in [0.1, 0.15) is 5.75 Å². The molecule has 1 fully saturated rings. The van der Waals surface area contributed by atoms with E-state index in [9.17, 15) is 9.59 Å². The summed E-state index contributed by atoms with van der Waals surface area (Å²) in [6.07, 6.45) is 0.333. The lowest BCUT2D eigenvalue weighted by Gasteiger charge is -2.23. The maximum Gasteiger partial charge on any atom is 0.290 e. The molecule has 0 aromatic heterocycles. The van der Waals surface area contributed by atoms with E-state index < -0.39 is 0 Å². The Bertz CT molecular complexity index is 438. The van der Waals surface area contributed by atoms with Gasteiger partial charge in [0.15, 0.2) is 0 Å². The van der Waals surface area contributed by atoms with Gasteiger partial charge in [-0.3, -0.25) is 9.59 Å². The summed E-state index contributed by atoms with van der Waals surface area (Å²) in [5.74, 6) is 0.128. The van der Waals surface area contributed by atoms with Gasteiger partial charge in [-0.25, -0.2) is 0 Å². The van der Waals surface area contributed by atoms with E-state index in [4.69, 9.17) is 4.74 Å². The minimum atomic E-state index is -0.367. The lowest BCUT2D eigenvalue weighted by molar-refractivity contribution is -0.141. The average Bonchev–Trinajstić information content (AvgIpc) is 2.69. The highest BCUT2D eigenvalue weighted by molar-refractivity contribution is 6.37. The molecule has 0 spiro atoms. The third-order valence-electron chi connectivity index (χ3n) is 3.14. The van der Waals surface area contributed by atoms with Crippen LogP contribution < -0.4 is 4.74 Å². The van der Waals surface area contributed by atoms with Crippen molar-refractivity contribution >= 4 is 11.7 Å². The molecule has 0 radical (unpaired) electrons. The Balaban J connectivity index is 2.16. The number of amides is 1. The molecule has 2 rings (SSSR count). The Kier molecular flexibility index (Phi) is 3.13. The van der Waals surface area contributed by atoms with Gasteiger partial charge < -0.3 is 9.64 Å². The summed E-state index contributed by atoms with van der Waals surface area (Å²) in [6, 6.07) is 7.47. The molecule has 0 aliphatic carbocycles. The predicted molar refractivity (Wildman–Crippen MR) is 62.7 cm³/mol. The Hall–Kier alpha value is -1.84. The van der Waals surface area contributed by atoms with E-state index in [-0.39, 0.29) is 17.7 Å². The molecular formula is C13H15NO3. The van der Waals surface area contributed by atoms with Crippen molar-refractivity contribution in [2.45, 2.75) is 19.4 Å². The average molecular weight is 233 g/mol. The number of rotatable bonds is 3. The normalized spacial score (nSPS) is 17.4. The van der Waals surface area contributed by atoms with Gasteiger partial charge in [-0.15, -0.1) is 0 Å². The summed E-state index contributed by atoms with van der Waals surface area (Å²) in [5.41, 5.74) is 1.01. The van der Waals surface area contributed by atoms with E-state index in [2.05, 4.69) is 0 Å². The van der Waals surface area contributed by atoms with Crippen LogP contribution in [0.4, 0.5) is 0 Å². The summed E-state index contributed by atoms with van der Waals surface area (Å²) in [4.78, 5) is 24.4. The van der Waals surface area contributed by atoms with Crippen molar-refractivity contribution in [3.8, 4) is 5.75 Å². The highest BCUT2D eigenvalue weighted by atomic mass is 16.5. The number of hydrogen-bond donors (Lipinski definition) is 0. The zero-order chi connectivity index (χ0) is 12.4. The van der Waals surface area contributed by atoms with Crippen LogP contribution in [-0.4, -0.2) is 30.2 Å². The Morgan fingerprint density at radius 1 is 1.24 bits per heavy atom. The van der Waals surface area contributed by atoms with Gasteiger partial charge in [-0.05, 0) is 24.6 Å². The fraction of sp³-hybridized carbons (Fsp3) is 0.385. The van der Waals surface area contributed by atoms with Gasteiger partial charge in [0.05, 0.1) is 13.2 Å². The van der Waals surface area contributed by atoms with E-state index in [1.54, 1.807) is 12.0 Å². The number of hydrogen-bond acceptors (Lipinski definition) is 3. The van der Waals surface area contributed by atoms with Gasteiger partial charge in [-0.2, -0.15) is 0 Å². The second-order valence-electron chi connectivity index (χ2n) is 4.12. The molecule has 1 atom stereocenters. The van der Waals surface area contributed by atoms with Crippen LogP contribution in [0.1, 0.15) is 24.9 Å². The van der Waals surface area contributed by atoms with Crippen LogP contribution in [0.5, 0.6) is 5.75 Å². The fourth-order valence-corrected chi connectivity index (χ4v) is 2.02. The maximum absolute atomic E-state index is 11.6. The van der Waals surface area contributed by atoms with Crippen molar-refractivity contribution in [2.75, 3.05) is 13.7 Å². The van der Waals surface area contributed by atoms with Crippen LogP contribution in [0.2, 0.25) is 0 Å². The van der Waals surface area contributed by atoms with Crippen molar-refractivity contribution in [3.63, 3.8) is 0 Å². The smallest absolute Gasteiger partial charge is 0.290 e. The van der Waals surface area contributed by atoms with Crippen LogP contribution in [0, 0.1) is 0 Å². The minimum absolute atomic E-state index is 0.0696. The second-order valence-corrected chi connectivity index (χ2v) is 4.12. The number of methoxy groups -OCH3 is 1. The van der Waals surface area contributed by atoms with Crippen LogP contribution in [-0.2, 0) is 9.59 Å². The van der Waals surface area contributed by atoms with Crippen molar-refractivity contribution in [2.24, 2.45) is 0 Å². The van der Waals surface area contributed by atoms with Crippen molar-refractivity contribution in [3.05, 3.63) is 29.8 Å². The molecule has 4 heteroatoms. The number of ketones is 1. The van der Waals surface area contributed by atoms with Crippen LogP contribution in [0.15, 0.2) is 24.3 Å². The molecule has 1 aromatic rings. The van der Waals surface area contributed by atoms with Crippen LogP contribution in [0.3, 0.4) is 0 Å². The Labute approximate surface area is 100 Å². The first-order valence-electron chi connectivity index (χ1n) is 5.61. The minimum Gasteiger partial charge on any atom is -0.497 e. The molecule has 1 saturated heterocycles. The van der Waals surface area contributed by atoms with Crippen LogP contribution in [0.25, 0.3) is 0 Å². The first kappa shape index (κ1) is 11.6. The number of likely N-dealkylation sites (tertiary alicyclic amines) is 1. The Morgan fingerprint density at radius 3 is 2.35 bits per heavy atom. The molecule has 1 heterocycles. The number of Topliss-reactive ketones (excluding diaryl/α,β-unsaturated/α-hetero) is 1. The molecule has 0 bridgehead atoms. The summed E-state index contributed by atoms with van der Waals surface area (Å²) in [5, 5.41) is 0. The van der Waals surface area contributed by atoms with Crippen molar-refractivity contribution in [1.82, 2.24) is 4.90 Å². The first-order valence-corrected chi connectivity index (χ1v) is 5.61. The van der Waals surface area contributed by atoms with Gasteiger partial charge in [0.25, 0.3) is 5.91 Å². The fourth-order valence-electron chi connectivity index (χ4n) is 2.02. The highest BCUT2D eigenvalue weighted by Gasteiger charge is 2.32. The van der Waals surface area contributed by atoms with Gasteiger partial charge in [0.2, 0.25) is 5.78 Å². The largest absolute Gasteiger partial charge is 0.497 e. The number of carbonyl (C=O) groups is 2. The number of ether oxygens (including phenoxy) is 1. The molecule has 1 aromatic carbocycles. The number of carbonyl (C=O) groups excluding carboxylic acids is 2. The van der Waals surface area contributed by atoms with Gasteiger partial charge in [0, 0.05) is 13.0 Å². The molecular weight excluding hydrogens is 218 g/mol. The third-order valence-corrected chi connectivity index (χ3v) is 3.14. The highest BCUT2D eigenvalue weighted by Crippen LogP contribution is 2.25. The van der Waals surface area contributed by atoms with Crippen molar-refractivity contribution < 1.29 is 14.3 Å². The van der Waals surface area contributed by atoms with Gasteiger partial charge in [-0.1, -0.05) is 12.1 Å². The lowest BCUT2D eigenvalue weighted by atomic mass is 10.1. The first-order chi connectivity index (χ1) is 8.13. The standard InChI is InChI=1S/C13H15NO3/c1-9(14-8-7-12(15)13(14)16)10-3-5-11(17-2)6-4-10/h3-6,9H,7-8H2,1-2H3. The molecule has 0 N–H and O–H groups in total. The zero-order valence-corrected chi connectivity index (χ0v) is 9.97. The lowest BCUT2D eigenvalue weighted by Crippen LogP contribution is -2.30. The van der Waals surface area contributed by atoms with Crippen LogP contribution >= 0.6 is 0 Å². The second kappa shape index (κ2) is 4.57. The molecule has 1 unspecified atom stereocenters. The summed E-state index contributed by atoms with van der Waals surface area (Å²) in [6.45, 7) is 2.45. The van der Waals surface area contributed by atoms with E-state index >= 15 is 0 Å². The summed E-state index contributed by atoms with van der Waals surface area (Å²) in [7, 11) is 1.61. The predicted octanol–water partition coefficient (Wildman–Crippen LogP) is 1.56. The zero-order valence-electron chi connectivity index (χ0n) is 9.97. The molecule has 1 amide bonds. The maximum atomic E-state index is 11.6. The number of nitrogens with zero attached hydrogens (tertiary/aromatic N) is 1. The third kappa shape index (κ3) is 2.16. The molecule has 90 valence electrons. The van der Waals surface area contributed by atoms with E-state index in [0.717, 1.165) is 11.3 Å². The summed E-state index contributed by atoms with van der Waals surface area (Å²) >= 11 is 0. The van der Waals surface area contributed by atoms with Gasteiger partial charge >= 0.3 is 0 Å². The Morgan fingerprint density at radius 2 is 1.88 bits per heavy atom. The van der Waals surface area contributed by atoms with E-state index in [1.807, 2.05) is 31.2 Å². The topological polar surface area (TPSA) is 46.6 Å². The number of benzene rings is 1. The molecule has 4 nitrogen and oxygen atoms in total. The van der Waals surface area contributed by atoms with Crippen molar-refractivity contribution in [1.29, 1.82) is 0 Å². The monoisotopic (exact) mass is 233 g/mol. The molecule has 17 heavy (non-hydrogen) atoms. The molecule has 0 saturated carbocycles. The summed E-state index contributed by atoms with van der Waals surface area (Å²) < 4.78 is 5.08. The SMILES string of the molecule is COc1ccc(C(C)N2CCC(=O)C2=O)cc1. The molecule has 1 aliphatic rings.